The van der Waals surface area contributed by atoms with Crippen molar-refractivity contribution in [1.82, 2.24) is 0 Å². The first-order valence-corrected chi connectivity index (χ1v) is 4.23. The second kappa shape index (κ2) is 1.90. The number of nitro groups is 2. The van der Waals surface area contributed by atoms with Crippen LogP contribution in [0.4, 0.5) is 0 Å². The molecule has 0 aromatic heterocycles. The zero-order valence-corrected chi connectivity index (χ0v) is 7.71. The lowest BCUT2D eigenvalue weighted by molar-refractivity contribution is -0.731. The molecule has 0 radical (unpaired) electrons. The topological polar surface area (TPSA) is 86.3 Å². The first-order valence-electron chi connectivity index (χ1n) is 3.47. The third-order valence-corrected chi connectivity index (χ3v) is 4.44. The predicted molar refractivity (Wildman–Crippen MR) is 43.1 cm³/mol. The molecule has 0 spiro atoms. The van der Waals surface area contributed by atoms with Crippen molar-refractivity contribution in [2.45, 2.75) is 28.3 Å². The maximum atomic E-state index is 10.5. The van der Waals surface area contributed by atoms with Crippen LogP contribution in [0, 0.1) is 20.2 Å². The Morgan fingerprint density at radius 2 is 1.31 bits per heavy atom. The lowest BCUT2D eigenvalue weighted by atomic mass is 9.43. The molecular formula is C5H4Cl2N2O4. The van der Waals surface area contributed by atoms with E-state index in [0.717, 1.165) is 0 Å². The second-order valence-corrected chi connectivity index (χ2v) is 4.83. The molecule has 8 heteroatoms. The summed E-state index contributed by atoms with van der Waals surface area (Å²) in [6.07, 6.45) is -0.319. The number of alkyl halides is 2. The van der Waals surface area contributed by atoms with Gasteiger partial charge in [-0.05, 0) is 0 Å². The van der Waals surface area contributed by atoms with Gasteiger partial charge in [0.05, 0.1) is 12.8 Å². The highest BCUT2D eigenvalue weighted by Gasteiger charge is 3.01. The Balaban J connectivity index is 2.34. The van der Waals surface area contributed by atoms with Crippen molar-refractivity contribution in [3.05, 3.63) is 20.2 Å². The average Bonchev–Trinajstić information content (AvgIpc) is 1.81. The number of nitrogens with zero attached hydrogens (tertiary/aromatic N) is 2. The van der Waals surface area contributed by atoms with E-state index in [1.807, 2.05) is 0 Å². The van der Waals surface area contributed by atoms with Crippen molar-refractivity contribution >= 4 is 23.2 Å². The van der Waals surface area contributed by atoms with Gasteiger partial charge in [-0.15, -0.1) is 0 Å². The molecule has 3 saturated carbocycles. The van der Waals surface area contributed by atoms with Crippen LogP contribution in [-0.4, -0.2) is 25.3 Å². The summed E-state index contributed by atoms with van der Waals surface area (Å²) >= 11 is 11.2. The van der Waals surface area contributed by atoms with Gasteiger partial charge < -0.3 is 0 Å². The van der Waals surface area contributed by atoms with E-state index in [4.69, 9.17) is 23.2 Å². The molecule has 0 saturated heterocycles. The SMILES string of the molecule is O=[N+]([O-])C12CC([N+](=O)[O-])(C1)C2(Cl)Cl. The third kappa shape index (κ3) is 0.585. The highest BCUT2D eigenvalue weighted by atomic mass is 35.5. The summed E-state index contributed by atoms with van der Waals surface area (Å²) in [6.45, 7) is 0. The maximum Gasteiger partial charge on any atom is 0.275 e. The van der Waals surface area contributed by atoms with Crippen LogP contribution in [0.1, 0.15) is 12.8 Å². The molecule has 0 aromatic rings. The van der Waals surface area contributed by atoms with Crippen LogP contribution >= 0.6 is 23.2 Å². The van der Waals surface area contributed by atoms with E-state index in [1.54, 1.807) is 0 Å². The molecule has 0 aromatic carbocycles. The van der Waals surface area contributed by atoms with Crippen LogP contribution in [0.2, 0.25) is 0 Å². The Morgan fingerprint density at radius 1 is 1.00 bits per heavy atom. The van der Waals surface area contributed by atoms with Crippen LogP contribution in [0.3, 0.4) is 0 Å². The molecule has 3 aliphatic carbocycles. The number of halogens is 2. The fourth-order valence-electron chi connectivity index (χ4n) is 2.07. The van der Waals surface area contributed by atoms with Gasteiger partial charge in [0.25, 0.3) is 15.4 Å². The van der Waals surface area contributed by atoms with Crippen LogP contribution in [0.15, 0.2) is 0 Å². The number of rotatable bonds is 2. The third-order valence-electron chi connectivity index (χ3n) is 3.04. The Kier molecular flexibility index (Phi) is 1.31. The highest BCUT2D eigenvalue weighted by molar-refractivity contribution is 6.52. The summed E-state index contributed by atoms with van der Waals surface area (Å²) in [5, 5.41) is 21.1. The quantitative estimate of drug-likeness (QED) is 0.400. The lowest BCUT2D eigenvalue weighted by Crippen LogP contribution is -2.92. The van der Waals surface area contributed by atoms with Crippen molar-refractivity contribution < 1.29 is 9.85 Å². The molecule has 0 amide bonds. The maximum absolute atomic E-state index is 10.5. The summed E-state index contributed by atoms with van der Waals surface area (Å²) in [5.41, 5.74) is -2.97. The largest absolute Gasteiger partial charge is 0.275 e. The van der Waals surface area contributed by atoms with E-state index in [2.05, 4.69) is 0 Å². The monoisotopic (exact) mass is 226 g/mol. The first-order chi connectivity index (χ1) is 5.80. The minimum atomic E-state index is -1.84. The van der Waals surface area contributed by atoms with E-state index < -0.39 is 25.3 Å². The molecule has 0 heterocycles. The molecule has 0 unspecified atom stereocenters. The van der Waals surface area contributed by atoms with Crippen LogP contribution < -0.4 is 0 Å². The van der Waals surface area contributed by atoms with E-state index in [9.17, 15) is 20.2 Å². The molecule has 0 aliphatic heterocycles. The fourth-order valence-corrected chi connectivity index (χ4v) is 2.88. The minimum Gasteiger partial charge on any atom is -0.264 e. The molecule has 3 rings (SSSR count). The van der Waals surface area contributed by atoms with Gasteiger partial charge in [-0.2, -0.15) is 0 Å². The minimum absolute atomic E-state index is 0.160. The Bertz CT molecular complexity index is 294. The van der Waals surface area contributed by atoms with Gasteiger partial charge in [0, 0.05) is 9.85 Å². The molecule has 3 fully saturated rings. The predicted octanol–water partition coefficient (Wildman–Crippen LogP) is 0.999. The Hall–Kier alpha value is -0.620. The molecule has 3 aliphatic rings. The average molecular weight is 227 g/mol. The van der Waals surface area contributed by atoms with Crippen molar-refractivity contribution in [3.63, 3.8) is 0 Å². The number of hydrogen-bond donors (Lipinski definition) is 0. The summed E-state index contributed by atoms with van der Waals surface area (Å²) in [7, 11) is 0. The fraction of sp³-hybridized carbons (Fsp3) is 1.00. The Morgan fingerprint density at radius 3 is 1.46 bits per heavy atom. The molecule has 0 N–H and O–H groups in total. The zero-order chi connectivity index (χ0) is 10.1. The molecule has 0 atom stereocenters. The van der Waals surface area contributed by atoms with Gasteiger partial charge in [-0.25, -0.2) is 0 Å². The first kappa shape index (κ1) is 8.96. The summed E-state index contributed by atoms with van der Waals surface area (Å²) in [6, 6.07) is 0. The van der Waals surface area contributed by atoms with E-state index >= 15 is 0 Å². The van der Waals surface area contributed by atoms with E-state index in [0.29, 0.717) is 0 Å². The van der Waals surface area contributed by atoms with Gasteiger partial charge in [-0.1, -0.05) is 23.2 Å². The van der Waals surface area contributed by atoms with Crippen molar-refractivity contribution in [2.75, 3.05) is 0 Å². The van der Waals surface area contributed by atoms with Crippen molar-refractivity contribution in [2.24, 2.45) is 0 Å². The summed E-state index contributed by atoms with van der Waals surface area (Å²) in [5.74, 6) is 0. The van der Waals surface area contributed by atoms with E-state index in [-0.39, 0.29) is 12.8 Å². The Labute approximate surface area is 82.1 Å². The van der Waals surface area contributed by atoms with E-state index in [1.165, 1.54) is 0 Å². The second-order valence-electron chi connectivity index (χ2n) is 3.51. The molecular weight excluding hydrogens is 223 g/mol. The van der Waals surface area contributed by atoms with Gasteiger partial charge in [0.2, 0.25) is 0 Å². The van der Waals surface area contributed by atoms with Crippen LogP contribution in [0.25, 0.3) is 0 Å². The van der Waals surface area contributed by atoms with Crippen molar-refractivity contribution in [1.29, 1.82) is 0 Å². The van der Waals surface area contributed by atoms with Crippen LogP contribution in [-0.2, 0) is 0 Å². The zero-order valence-electron chi connectivity index (χ0n) is 6.20. The van der Waals surface area contributed by atoms with Gasteiger partial charge in [0.15, 0.2) is 0 Å². The molecule has 2 bridgehead atoms. The standard InChI is InChI=1S/C5H4Cl2N2O4/c6-5(7)3(8(10)11)1-4(5,2-3)9(12)13/h1-2H2. The molecule has 72 valence electrons. The summed E-state index contributed by atoms with van der Waals surface area (Å²) in [4.78, 5) is 19.8. The van der Waals surface area contributed by atoms with Gasteiger partial charge in [-0.3, -0.25) is 20.2 Å². The lowest BCUT2D eigenvalue weighted by Gasteiger charge is -2.63. The van der Waals surface area contributed by atoms with Crippen molar-refractivity contribution in [3.8, 4) is 0 Å². The van der Waals surface area contributed by atoms with Gasteiger partial charge in [0.1, 0.15) is 0 Å². The molecule has 13 heavy (non-hydrogen) atoms. The normalized spacial score (nSPS) is 44.5. The van der Waals surface area contributed by atoms with Crippen LogP contribution in [0.5, 0.6) is 0 Å². The number of hydrogen-bond acceptors (Lipinski definition) is 4. The molecule has 6 nitrogen and oxygen atoms in total. The smallest absolute Gasteiger partial charge is 0.264 e. The summed E-state index contributed by atoms with van der Waals surface area (Å²) < 4.78 is -1.84. The highest BCUT2D eigenvalue weighted by Crippen LogP contribution is 2.75. The van der Waals surface area contributed by atoms with Gasteiger partial charge >= 0.3 is 0 Å².